The fourth-order valence-electron chi connectivity index (χ4n) is 9.56. The van der Waals surface area contributed by atoms with Crippen LogP contribution in [0.5, 0.6) is 0 Å². The van der Waals surface area contributed by atoms with Gasteiger partial charge in [-0.3, -0.25) is 0 Å². The van der Waals surface area contributed by atoms with Crippen LogP contribution in [0.2, 0.25) is 0 Å². The summed E-state index contributed by atoms with van der Waals surface area (Å²) in [5, 5.41) is 9.57. The number of hydrogen-bond acceptors (Lipinski definition) is 2. The van der Waals surface area contributed by atoms with Crippen molar-refractivity contribution in [2.45, 2.75) is 0 Å². The van der Waals surface area contributed by atoms with Crippen LogP contribution in [-0.4, -0.2) is 0 Å². The van der Waals surface area contributed by atoms with Gasteiger partial charge in [0.15, 0.2) is 0 Å². The minimum Gasteiger partial charge on any atom is -0.455 e. The van der Waals surface area contributed by atoms with E-state index in [2.05, 4.69) is 241 Å². The molecule has 2 heteroatoms. The number of furan rings is 1. The molecule has 290 valence electrons. The SMILES string of the molecule is c1ccc(-c2ccccc2-c2ccccc2N(c2ccc(-c3cc4ccccc4c4ccccc34)cc2)c2ccc(-c3ccc4ccccc4c3)c3oc4ccccc4c23)cc1. The molecule has 0 aliphatic heterocycles. The summed E-state index contributed by atoms with van der Waals surface area (Å²) in [7, 11) is 0. The molecule has 2 nitrogen and oxygen atoms in total. The fraction of sp³-hybridized carbons (Fsp3) is 0. The molecule has 1 aromatic heterocycles. The molecule has 0 N–H and O–H groups in total. The third-order valence-corrected chi connectivity index (χ3v) is 12.5. The normalized spacial score (nSPS) is 11.5. The summed E-state index contributed by atoms with van der Waals surface area (Å²) in [5.74, 6) is 0. The molecular weight excluding hydrogens is 751 g/mol. The Balaban J connectivity index is 1.11. The van der Waals surface area contributed by atoms with Crippen LogP contribution in [0, 0.1) is 0 Å². The van der Waals surface area contributed by atoms with Gasteiger partial charge in [0.25, 0.3) is 0 Å². The van der Waals surface area contributed by atoms with Gasteiger partial charge in [-0.15, -0.1) is 0 Å². The van der Waals surface area contributed by atoms with Crippen molar-refractivity contribution in [3.63, 3.8) is 0 Å². The number of anilines is 3. The topological polar surface area (TPSA) is 16.4 Å². The highest BCUT2D eigenvalue weighted by Gasteiger charge is 2.25. The molecule has 12 aromatic rings. The summed E-state index contributed by atoms with van der Waals surface area (Å²) in [4.78, 5) is 2.44. The van der Waals surface area contributed by atoms with Gasteiger partial charge >= 0.3 is 0 Å². The Hall–Kier alpha value is -8.20. The third-order valence-electron chi connectivity index (χ3n) is 12.5. The Morgan fingerprint density at radius 1 is 0.290 bits per heavy atom. The van der Waals surface area contributed by atoms with Gasteiger partial charge in [0, 0.05) is 22.2 Å². The highest BCUT2D eigenvalue weighted by Crippen LogP contribution is 2.49. The summed E-state index contributed by atoms with van der Waals surface area (Å²) >= 11 is 0. The van der Waals surface area contributed by atoms with E-state index >= 15 is 0 Å². The largest absolute Gasteiger partial charge is 0.455 e. The van der Waals surface area contributed by atoms with Crippen LogP contribution >= 0.6 is 0 Å². The van der Waals surface area contributed by atoms with E-state index in [1.165, 1.54) is 60.1 Å². The standard InChI is InChI=1S/C60H39NO/c1-2-17-41(18-3-1)47-21-8-9-24-51(47)53-26-12-14-28-56(53)61(46-34-32-42(33-35-46)55-39-44-20-6-7-22-48(44)50-23-10-11-25-52(50)55)57-37-36-49(45-31-30-40-16-4-5-19-43(40)38-45)60-59(57)54-27-13-15-29-58(54)62-60/h1-39H. The highest BCUT2D eigenvalue weighted by molar-refractivity contribution is 6.18. The quantitative estimate of drug-likeness (QED) is 0.150. The third kappa shape index (κ3) is 5.96. The van der Waals surface area contributed by atoms with Crippen LogP contribution in [0.1, 0.15) is 0 Å². The first-order valence-electron chi connectivity index (χ1n) is 21.3. The molecule has 0 bridgehead atoms. The van der Waals surface area contributed by atoms with Crippen LogP contribution in [0.3, 0.4) is 0 Å². The number of para-hydroxylation sites is 2. The van der Waals surface area contributed by atoms with Crippen molar-refractivity contribution < 1.29 is 4.42 Å². The van der Waals surface area contributed by atoms with Gasteiger partial charge in [0.1, 0.15) is 11.2 Å². The van der Waals surface area contributed by atoms with E-state index in [9.17, 15) is 0 Å². The monoisotopic (exact) mass is 789 g/mol. The van der Waals surface area contributed by atoms with Crippen molar-refractivity contribution in [1.29, 1.82) is 0 Å². The molecule has 0 spiro atoms. The second-order valence-corrected chi connectivity index (χ2v) is 16.0. The van der Waals surface area contributed by atoms with Crippen molar-refractivity contribution in [1.82, 2.24) is 0 Å². The fourth-order valence-corrected chi connectivity index (χ4v) is 9.56. The average Bonchev–Trinajstić information content (AvgIpc) is 3.74. The summed E-state index contributed by atoms with van der Waals surface area (Å²) in [6.07, 6.45) is 0. The molecule has 0 unspecified atom stereocenters. The number of benzene rings is 11. The summed E-state index contributed by atoms with van der Waals surface area (Å²) < 4.78 is 6.93. The molecule has 11 aromatic carbocycles. The summed E-state index contributed by atoms with van der Waals surface area (Å²) in [5.41, 5.74) is 14.1. The molecule has 0 aliphatic rings. The van der Waals surface area contributed by atoms with Gasteiger partial charge in [-0.2, -0.15) is 0 Å². The van der Waals surface area contributed by atoms with Crippen LogP contribution < -0.4 is 4.90 Å². The van der Waals surface area contributed by atoms with E-state index in [0.29, 0.717) is 0 Å². The lowest BCUT2D eigenvalue weighted by Gasteiger charge is -2.29. The smallest absolute Gasteiger partial charge is 0.145 e. The van der Waals surface area contributed by atoms with E-state index in [1.54, 1.807) is 0 Å². The molecule has 0 atom stereocenters. The van der Waals surface area contributed by atoms with Crippen molar-refractivity contribution in [2.75, 3.05) is 4.90 Å². The molecule has 0 radical (unpaired) electrons. The van der Waals surface area contributed by atoms with E-state index in [4.69, 9.17) is 4.42 Å². The van der Waals surface area contributed by atoms with Crippen LogP contribution in [-0.2, 0) is 0 Å². The second-order valence-electron chi connectivity index (χ2n) is 16.0. The molecule has 12 rings (SSSR count). The first kappa shape index (κ1) is 35.7. The zero-order chi connectivity index (χ0) is 41.0. The van der Waals surface area contributed by atoms with Crippen molar-refractivity contribution in [2.24, 2.45) is 0 Å². The van der Waals surface area contributed by atoms with Gasteiger partial charge in [-0.1, -0.05) is 188 Å². The van der Waals surface area contributed by atoms with Crippen molar-refractivity contribution >= 4 is 71.3 Å². The number of nitrogens with zero attached hydrogens (tertiary/aromatic N) is 1. The zero-order valence-corrected chi connectivity index (χ0v) is 33.9. The van der Waals surface area contributed by atoms with E-state index in [-0.39, 0.29) is 0 Å². The van der Waals surface area contributed by atoms with Gasteiger partial charge in [0.05, 0.1) is 16.8 Å². The Kier molecular flexibility index (Phi) is 8.53. The first-order chi connectivity index (χ1) is 30.8. The predicted octanol–water partition coefficient (Wildman–Crippen LogP) is 17.2. The van der Waals surface area contributed by atoms with Crippen LogP contribution in [0.25, 0.3) is 98.8 Å². The molecule has 1 heterocycles. The molecule has 0 amide bonds. The van der Waals surface area contributed by atoms with E-state index < -0.39 is 0 Å². The molecule has 0 aliphatic carbocycles. The maximum absolute atomic E-state index is 6.93. The zero-order valence-electron chi connectivity index (χ0n) is 33.9. The molecule has 0 saturated heterocycles. The van der Waals surface area contributed by atoms with E-state index in [1.807, 2.05) is 0 Å². The van der Waals surface area contributed by atoms with Crippen LogP contribution in [0.15, 0.2) is 241 Å². The number of rotatable bonds is 7. The van der Waals surface area contributed by atoms with Gasteiger partial charge < -0.3 is 9.32 Å². The number of hydrogen-bond donors (Lipinski definition) is 0. The molecule has 0 saturated carbocycles. The number of fused-ring (bicyclic) bond motifs is 7. The maximum Gasteiger partial charge on any atom is 0.145 e. The second kappa shape index (κ2) is 14.8. The van der Waals surface area contributed by atoms with Gasteiger partial charge in [-0.05, 0) is 114 Å². The lowest BCUT2D eigenvalue weighted by Crippen LogP contribution is -2.12. The molecule has 0 fully saturated rings. The Morgan fingerprint density at radius 2 is 0.887 bits per heavy atom. The minimum atomic E-state index is 0.859. The Morgan fingerprint density at radius 3 is 1.71 bits per heavy atom. The van der Waals surface area contributed by atoms with Crippen molar-refractivity contribution in [3.05, 3.63) is 237 Å². The first-order valence-corrected chi connectivity index (χ1v) is 21.3. The lowest BCUT2D eigenvalue weighted by atomic mass is 9.92. The summed E-state index contributed by atoms with van der Waals surface area (Å²) in [6.45, 7) is 0. The van der Waals surface area contributed by atoms with Gasteiger partial charge in [0.2, 0.25) is 0 Å². The average molecular weight is 790 g/mol. The Labute approximate surface area is 360 Å². The molecule has 62 heavy (non-hydrogen) atoms. The maximum atomic E-state index is 6.93. The highest BCUT2D eigenvalue weighted by atomic mass is 16.3. The minimum absolute atomic E-state index is 0.859. The van der Waals surface area contributed by atoms with E-state index in [0.717, 1.165) is 55.7 Å². The Bertz CT molecular complexity index is 3640. The summed E-state index contributed by atoms with van der Waals surface area (Å²) in [6, 6.07) is 85.4. The molecular formula is C60H39NO. The van der Waals surface area contributed by atoms with Gasteiger partial charge in [-0.25, -0.2) is 0 Å². The lowest BCUT2D eigenvalue weighted by molar-refractivity contribution is 0.670. The predicted molar refractivity (Wildman–Crippen MR) is 263 cm³/mol. The van der Waals surface area contributed by atoms with Crippen LogP contribution in [0.4, 0.5) is 17.1 Å². The van der Waals surface area contributed by atoms with Crippen molar-refractivity contribution in [3.8, 4) is 44.5 Å².